The van der Waals surface area contributed by atoms with Gasteiger partial charge in [-0.1, -0.05) is 44.2 Å². The molecule has 0 saturated heterocycles. The average molecular weight is 265 g/mol. The van der Waals surface area contributed by atoms with E-state index in [0.29, 0.717) is 5.92 Å². The van der Waals surface area contributed by atoms with Gasteiger partial charge in [0.2, 0.25) is 5.91 Å². The summed E-state index contributed by atoms with van der Waals surface area (Å²) in [4.78, 5) is 11.9. The minimum atomic E-state index is -0.00796. The highest BCUT2D eigenvalue weighted by atomic mass is 32.2. The number of hydrogen-bond donors (Lipinski definition) is 1. The lowest BCUT2D eigenvalue weighted by atomic mass is 10.1. The maximum absolute atomic E-state index is 11.9. The number of amides is 1. The van der Waals surface area contributed by atoms with Crippen LogP contribution in [0.15, 0.2) is 30.3 Å². The van der Waals surface area contributed by atoms with Gasteiger partial charge in [0, 0.05) is 11.8 Å². The fraction of sp³-hybridized carbons (Fsp3) is 0.533. The molecule has 0 spiro atoms. The van der Waals surface area contributed by atoms with Crippen molar-refractivity contribution in [3.8, 4) is 0 Å². The predicted molar refractivity (Wildman–Crippen MR) is 79.6 cm³/mol. The number of carbonyl (C=O) groups excluding carboxylic acids is 1. The molecule has 1 N–H and O–H groups in total. The number of thioether (sulfide) groups is 1. The van der Waals surface area contributed by atoms with E-state index >= 15 is 0 Å². The van der Waals surface area contributed by atoms with Crippen molar-refractivity contribution in [1.82, 2.24) is 5.32 Å². The van der Waals surface area contributed by atoms with Crippen LogP contribution in [0.1, 0.15) is 33.3 Å². The van der Waals surface area contributed by atoms with Crippen LogP contribution in [0.2, 0.25) is 0 Å². The second kappa shape index (κ2) is 7.47. The van der Waals surface area contributed by atoms with E-state index in [2.05, 4.69) is 38.2 Å². The normalized spacial score (nSPS) is 14.3. The highest BCUT2D eigenvalue weighted by molar-refractivity contribution is 7.99. The maximum atomic E-state index is 11.9. The first-order valence-corrected chi connectivity index (χ1v) is 7.51. The van der Waals surface area contributed by atoms with Gasteiger partial charge in [-0.15, -0.1) is 11.8 Å². The quantitative estimate of drug-likeness (QED) is 0.853. The van der Waals surface area contributed by atoms with Gasteiger partial charge in [0.25, 0.3) is 0 Å². The van der Waals surface area contributed by atoms with Crippen LogP contribution < -0.4 is 5.32 Å². The molecule has 1 aromatic rings. The maximum Gasteiger partial charge on any atom is 0.233 e. The number of hydrogen-bond acceptors (Lipinski definition) is 2. The summed E-state index contributed by atoms with van der Waals surface area (Å²) in [7, 11) is 0. The van der Waals surface area contributed by atoms with E-state index in [9.17, 15) is 4.79 Å². The monoisotopic (exact) mass is 265 g/mol. The van der Waals surface area contributed by atoms with Crippen molar-refractivity contribution in [1.29, 1.82) is 0 Å². The molecule has 18 heavy (non-hydrogen) atoms. The molecule has 1 rings (SSSR count). The average Bonchev–Trinajstić information content (AvgIpc) is 2.36. The summed E-state index contributed by atoms with van der Waals surface area (Å²) in [5.41, 5.74) is 1.26. The van der Waals surface area contributed by atoms with E-state index < -0.39 is 0 Å². The van der Waals surface area contributed by atoms with Gasteiger partial charge in [-0.05, 0) is 25.3 Å². The smallest absolute Gasteiger partial charge is 0.233 e. The minimum absolute atomic E-state index is 0.00796. The van der Waals surface area contributed by atoms with Gasteiger partial charge in [-0.2, -0.15) is 0 Å². The van der Waals surface area contributed by atoms with Crippen molar-refractivity contribution in [3.63, 3.8) is 0 Å². The van der Waals surface area contributed by atoms with Gasteiger partial charge < -0.3 is 5.32 Å². The standard InChI is InChI=1S/C15H23NOS/c1-11(2)12(3)16-15(17)13(4)18-10-14-8-6-5-7-9-14/h5-9,11-13H,10H2,1-4H3,(H,16,17)/t12-,13-/m1/s1. The van der Waals surface area contributed by atoms with E-state index in [1.54, 1.807) is 11.8 Å². The van der Waals surface area contributed by atoms with Crippen molar-refractivity contribution in [2.24, 2.45) is 5.92 Å². The molecule has 100 valence electrons. The summed E-state index contributed by atoms with van der Waals surface area (Å²) >= 11 is 1.68. The first-order chi connectivity index (χ1) is 8.50. The molecule has 0 heterocycles. The number of rotatable bonds is 6. The van der Waals surface area contributed by atoms with E-state index in [-0.39, 0.29) is 17.2 Å². The summed E-state index contributed by atoms with van der Waals surface area (Å²) in [6.07, 6.45) is 0. The Morgan fingerprint density at radius 3 is 2.33 bits per heavy atom. The van der Waals surface area contributed by atoms with Gasteiger partial charge in [-0.3, -0.25) is 4.79 Å². The third kappa shape index (κ3) is 5.13. The minimum Gasteiger partial charge on any atom is -0.352 e. The summed E-state index contributed by atoms with van der Waals surface area (Å²) in [6, 6.07) is 10.5. The molecule has 0 bridgehead atoms. The van der Waals surface area contributed by atoms with Gasteiger partial charge in [-0.25, -0.2) is 0 Å². The number of benzene rings is 1. The van der Waals surface area contributed by atoms with Gasteiger partial charge in [0.1, 0.15) is 0 Å². The molecule has 1 amide bonds. The van der Waals surface area contributed by atoms with Gasteiger partial charge in [0.15, 0.2) is 0 Å². The van der Waals surface area contributed by atoms with Crippen LogP contribution >= 0.6 is 11.8 Å². The molecule has 0 fully saturated rings. The van der Waals surface area contributed by atoms with Crippen LogP contribution in [-0.4, -0.2) is 17.2 Å². The third-order valence-corrected chi connectivity index (χ3v) is 4.30. The highest BCUT2D eigenvalue weighted by Crippen LogP contribution is 2.18. The Morgan fingerprint density at radius 1 is 1.17 bits per heavy atom. The van der Waals surface area contributed by atoms with E-state index in [0.717, 1.165) is 5.75 Å². The lowest BCUT2D eigenvalue weighted by molar-refractivity contribution is -0.121. The molecular weight excluding hydrogens is 242 g/mol. The lowest BCUT2D eigenvalue weighted by Gasteiger charge is -2.20. The van der Waals surface area contributed by atoms with Crippen LogP contribution in [0.25, 0.3) is 0 Å². The zero-order chi connectivity index (χ0) is 13.5. The van der Waals surface area contributed by atoms with Gasteiger partial charge >= 0.3 is 0 Å². The zero-order valence-corrected chi connectivity index (χ0v) is 12.5. The Kier molecular flexibility index (Phi) is 6.27. The summed E-state index contributed by atoms with van der Waals surface area (Å²) in [5.74, 6) is 1.49. The summed E-state index contributed by atoms with van der Waals surface area (Å²) < 4.78 is 0. The second-order valence-corrected chi connectivity index (χ2v) is 6.31. The Morgan fingerprint density at radius 2 is 1.78 bits per heavy atom. The SMILES string of the molecule is CC(C)[C@@H](C)NC(=O)[C@@H](C)SCc1ccccc1. The van der Waals surface area contributed by atoms with Crippen molar-refractivity contribution >= 4 is 17.7 Å². The Labute approximate surface area is 115 Å². The van der Waals surface area contributed by atoms with E-state index in [1.165, 1.54) is 5.56 Å². The van der Waals surface area contributed by atoms with Crippen molar-refractivity contribution in [2.75, 3.05) is 0 Å². The number of carbonyl (C=O) groups is 1. The molecule has 0 aliphatic rings. The fourth-order valence-corrected chi connectivity index (χ4v) is 2.23. The van der Waals surface area contributed by atoms with E-state index in [1.807, 2.05) is 25.1 Å². The van der Waals surface area contributed by atoms with Gasteiger partial charge in [0.05, 0.1) is 5.25 Å². The van der Waals surface area contributed by atoms with Crippen molar-refractivity contribution in [2.45, 2.75) is 44.7 Å². The Balaban J connectivity index is 2.36. The summed E-state index contributed by atoms with van der Waals surface area (Å²) in [6.45, 7) is 8.26. The summed E-state index contributed by atoms with van der Waals surface area (Å²) in [5, 5.41) is 3.05. The molecule has 2 atom stereocenters. The van der Waals surface area contributed by atoms with Crippen LogP contribution in [0.3, 0.4) is 0 Å². The molecule has 1 aromatic carbocycles. The van der Waals surface area contributed by atoms with Crippen LogP contribution in [-0.2, 0) is 10.5 Å². The predicted octanol–water partition coefficient (Wildman–Crippen LogP) is 3.47. The molecule has 3 heteroatoms. The molecule has 0 aliphatic heterocycles. The first kappa shape index (κ1) is 15.1. The molecule has 0 aliphatic carbocycles. The molecule has 0 saturated carbocycles. The third-order valence-electron chi connectivity index (χ3n) is 3.08. The molecule has 2 nitrogen and oxygen atoms in total. The van der Waals surface area contributed by atoms with Crippen LogP contribution in [0.5, 0.6) is 0 Å². The molecule has 0 aromatic heterocycles. The Bertz CT molecular complexity index is 364. The van der Waals surface area contributed by atoms with Crippen molar-refractivity contribution < 1.29 is 4.79 Å². The molecular formula is C15H23NOS. The second-order valence-electron chi connectivity index (χ2n) is 4.98. The van der Waals surface area contributed by atoms with Crippen LogP contribution in [0.4, 0.5) is 0 Å². The van der Waals surface area contributed by atoms with Crippen molar-refractivity contribution in [3.05, 3.63) is 35.9 Å². The zero-order valence-electron chi connectivity index (χ0n) is 11.6. The van der Waals surface area contributed by atoms with E-state index in [4.69, 9.17) is 0 Å². The molecule has 0 unspecified atom stereocenters. The van der Waals surface area contributed by atoms with Crippen LogP contribution in [0, 0.1) is 5.92 Å². The molecule has 0 radical (unpaired) electrons. The highest BCUT2D eigenvalue weighted by Gasteiger charge is 2.17. The lowest BCUT2D eigenvalue weighted by Crippen LogP contribution is -2.40. The number of nitrogens with one attached hydrogen (secondary N) is 1. The first-order valence-electron chi connectivity index (χ1n) is 6.46. The topological polar surface area (TPSA) is 29.1 Å². The fourth-order valence-electron chi connectivity index (χ4n) is 1.38. The largest absolute Gasteiger partial charge is 0.352 e. The Hall–Kier alpha value is -0.960.